The predicted octanol–water partition coefficient (Wildman–Crippen LogP) is 2.52. The molecule has 1 heterocycles. The van der Waals surface area contributed by atoms with E-state index in [1.807, 2.05) is 19.1 Å². The third-order valence-corrected chi connectivity index (χ3v) is 4.75. The quantitative estimate of drug-likeness (QED) is 0.717. The minimum absolute atomic E-state index is 0.0226. The molecule has 29 heavy (non-hydrogen) atoms. The molecule has 2 aromatic rings. The van der Waals surface area contributed by atoms with Crippen LogP contribution in [-0.2, 0) is 16.0 Å². The van der Waals surface area contributed by atoms with Gasteiger partial charge in [-0.15, -0.1) is 0 Å². The fourth-order valence-electron chi connectivity index (χ4n) is 3.17. The Morgan fingerprint density at radius 2 is 1.41 bits per heavy atom. The van der Waals surface area contributed by atoms with Crippen molar-refractivity contribution >= 4 is 11.8 Å². The van der Waals surface area contributed by atoms with E-state index in [4.69, 9.17) is 9.47 Å². The molecule has 2 amide bonds. The number of hydrogen-bond donors (Lipinski definition) is 0. The number of ether oxygens (including phenoxy) is 2. The third kappa shape index (κ3) is 5.70. The van der Waals surface area contributed by atoms with Crippen molar-refractivity contribution in [2.45, 2.75) is 13.3 Å². The van der Waals surface area contributed by atoms with Crippen LogP contribution in [0, 0.1) is 5.82 Å². The Labute approximate surface area is 169 Å². The number of rotatable bonds is 7. The van der Waals surface area contributed by atoms with Gasteiger partial charge in [-0.3, -0.25) is 9.59 Å². The monoisotopic (exact) mass is 400 g/mol. The highest BCUT2D eigenvalue weighted by Gasteiger charge is 2.24. The van der Waals surface area contributed by atoms with Crippen LogP contribution in [0.25, 0.3) is 0 Å². The first kappa shape index (κ1) is 20.6. The molecule has 1 saturated heterocycles. The lowest BCUT2D eigenvalue weighted by molar-refractivity contribution is -0.140. The van der Waals surface area contributed by atoms with E-state index in [2.05, 4.69) is 0 Å². The van der Waals surface area contributed by atoms with Crippen molar-refractivity contribution in [1.29, 1.82) is 0 Å². The normalized spacial score (nSPS) is 13.9. The number of amides is 2. The molecule has 1 aliphatic heterocycles. The first-order valence-corrected chi connectivity index (χ1v) is 9.71. The summed E-state index contributed by atoms with van der Waals surface area (Å²) in [5.41, 5.74) is 0.774. The van der Waals surface area contributed by atoms with E-state index < -0.39 is 0 Å². The number of piperazine rings is 1. The highest BCUT2D eigenvalue weighted by atomic mass is 19.1. The van der Waals surface area contributed by atoms with E-state index in [1.54, 1.807) is 34.1 Å². The summed E-state index contributed by atoms with van der Waals surface area (Å²) in [6, 6.07) is 13.2. The van der Waals surface area contributed by atoms with Gasteiger partial charge in [-0.05, 0) is 36.8 Å². The van der Waals surface area contributed by atoms with Gasteiger partial charge >= 0.3 is 0 Å². The van der Waals surface area contributed by atoms with E-state index in [-0.39, 0.29) is 30.7 Å². The maximum atomic E-state index is 13.0. The second-order valence-corrected chi connectivity index (χ2v) is 6.73. The molecule has 0 radical (unpaired) electrons. The van der Waals surface area contributed by atoms with Crippen LogP contribution in [0.4, 0.5) is 4.39 Å². The summed E-state index contributed by atoms with van der Waals surface area (Å²) in [6.07, 6.45) is 0.228. The van der Waals surface area contributed by atoms with Crippen molar-refractivity contribution in [2.24, 2.45) is 0 Å². The zero-order valence-corrected chi connectivity index (χ0v) is 16.5. The minimum Gasteiger partial charge on any atom is -0.490 e. The molecule has 0 atom stereocenters. The number of halogens is 1. The summed E-state index contributed by atoms with van der Waals surface area (Å²) < 4.78 is 24.1. The van der Waals surface area contributed by atoms with Gasteiger partial charge in [0.2, 0.25) is 5.91 Å². The van der Waals surface area contributed by atoms with Gasteiger partial charge in [0.25, 0.3) is 5.91 Å². The zero-order chi connectivity index (χ0) is 20.6. The molecule has 0 spiro atoms. The molecule has 3 rings (SSSR count). The maximum absolute atomic E-state index is 13.0. The van der Waals surface area contributed by atoms with Crippen molar-refractivity contribution < 1.29 is 23.5 Å². The molecule has 0 saturated carbocycles. The van der Waals surface area contributed by atoms with Crippen LogP contribution >= 0.6 is 0 Å². The largest absolute Gasteiger partial charge is 0.490 e. The second-order valence-electron chi connectivity index (χ2n) is 6.73. The Balaban J connectivity index is 1.45. The first-order valence-electron chi connectivity index (χ1n) is 9.71. The summed E-state index contributed by atoms with van der Waals surface area (Å²) in [5, 5.41) is 0. The van der Waals surface area contributed by atoms with Crippen molar-refractivity contribution in [1.82, 2.24) is 9.80 Å². The van der Waals surface area contributed by atoms with Crippen molar-refractivity contribution in [3.05, 3.63) is 59.9 Å². The molecule has 0 aliphatic carbocycles. The number of hydrogen-bond acceptors (Lipinski definition) is 4. The number of benzene rings is 2. The molecule has 2 aromatic carbocycles. The highest BCUT2D eigenvalue weighted by molar-refractivity contribution is 5.80. The third-order valence-electron chi connectivity index (χ3n) is 4.75. The van der Waals surface area contributed by atoms with Gasteiger partial charge in [-0.25, -0.2) is 4.39 Å². The molecule has 6 nitrogen and oxygen atoms in total. The van der Waals surface area contributed by atoms with Gasteiger partial charge in [0, 0.05) is 26.2 Å². The van der Waals surface area contributed by atoms with Crippen molar-refractivity contribution in [2.75, 3.05) is 39.4 Å². The smallest absolute Gasteiger partial charge is 0.260 e. The number of carbonyl (C=O) groups excluding carboxylic acids is 2. The summed E-state index contributed by atoms with van der Waals surface area (Å²) in [7, 11) is 0. The van der Waals surface area contributed by atoms with Gasteiger partial charge in [-0.2, -0.15) is 0 Å². The molecule has 1 fully saturated rings. The lowest BCUT2D eigenvalue weighted by Gasteiger charge is -2.34. The van der Waals surface area contributed by atoms with E-state index in [1.165, 1.54) is 12.1 Å². The van der Waals surface area contributed by atoms with Gasteiger partial charge in [0.1, 0.15) is 5.82 Å². The highest BCUT2D eigenvalue weighted by Crippen LogP contribution is 2.26. The molecule has 1 aliphatic rings. The van der Waals surface area contributed by atoms with Crippen molar-refractivity contribution in [3.8, 4) is 11.5 Å². The molecular weight excluding hydrogens is 375 g/mol. The van der Waals surface area contributed by atoms with Gasteiger partial charge < -0.3 is 19.3 Å². The number of para-hydroxylation sites is 2. The topological polar surface area (TPSA) is 59.1 Å². The summed E-state index contributed by atoms with van der Waals surface area (Å²) >= 11 is 0. The molecule has 0 unspecified atom stereocenters. The van der Waals surface area contributed by atoms with Gasteiger partial charge in [-0.1, -0.05) is 24.3 Å². The average molecular weight is 400 g/mol. The van der Waals surface area contributed by atoms with Gasteiger partial charge in [0.05, 0.1) is 13.0 Å². The Hall–Kier alpha value is -3.09. The zero-order valence-electron chi connectivity index (χ0n) is 16.5. The molecular formula is C22H25FN2O4. The Bertz CT molecular complexity index is 833. The van der Waals surface area contributed by atoms with Crippen molar-refractivity contribution in [3.63, 3.8) is 0 Å². The molecule has 0 N–H and O–H groups in total. The summed E-state index contributed by atoms with van der Waals surface area (Å²) in [6.45, 7) is 4.20. The van der Waals surface area contributed by atoms with Crippen LogP contribution < -0.4 is 9.47 Å². The standard InChI is InChI=1S/C22H25FN2O4/c1-2-28-19-5-3-4-6-20(19)29-16-22(27)25-13-11-24(12-14-25)21(26)15-17-7-9-18(23)10-8-17/h3-10H,2,11-16H2,1H3. The minimum atomic E-state index is -0.320. The Morgan fingerprint density at radius 1 is 0.862 bits per heavy atom. The average Bonchev–Trinajstić information content (AvgIpc) is 2.75. The maximum Gasteiger partial charge on any atom is 0.260 e. The molecule has 7 heteroatoms. The van der Waals surface area contributed by atoms with Crippen LogP contribution in [0.1, 0.15) is 12.5 Å². The molecule has 0 bridgehead atoms. The predicted molar refractivity (Wildman–Crippen MR) is 106 cm³/mol. The summed E-state index contributed by atoms with van der Waals surface area (Å²) in [4.78, 5) is 28.3. The van der Waals surface area contributed by atoms with E-state index in [9.17, 15) is 14.0 Å². The molecule has 154 valence electrons. The Morgan fingerprint density at radius 3 is 2.00 bits per heavy atom. The van der Waals surface area contributed by atoms with E-state index >= 15 is 0 Å². The lowest BCUT2D eigenvalue weighted by Crippen LogP contribution is -2.52. The lowest BCUT2D eigenvalue weighted by atomic mass is 10.1. The molecule has 0 aromatic heterocycles. The van der Waals surface area contributed by atoms with Crippen LogP contribution in [0.15, 0.2) is 48.5 Å². The van der Waals surface area contributed by atoms with Crippen LogP contribution in [0.2, 0.25) is 0 Å². The number of nitrogens with zero attached hydrogens (tertiary/aromatic N) is 2. The fraction of sp³-hybridized carbons (Fsp3) is 0.364. The van der Waals surface area contributed by atoms with E-state index in [0.717, 1.165) is 5.56 Å². The van der Waals surface area contributed by atoms with Gasteiger partial charge in [0.15, 0.2) is 18.1 Å². The van der Waals surface area contributed by atoms with Crippen LogP contribution in [-0.4, -0.2) is 61.0 Å². The van der Waals surface area contributed by atoms with Crippen LogP contribution in [0.3, 0.4) is 0 Å². The summed E-state index contributed by atoms with van der Waals surface area (Å²) in [5.74, 6) is 0.682. The second kappa shape index (κ2) is 9.91. The fourth-order valence-corrected chi connectivity index (χ4v) is 3.17. The Kier molecular flexibility index (Phi) is 7.05. The number of carbonyl (C=O) groups is 2. The first-order chi connectivity index (χ1) is 14.1. The van der Waals surface area contributed by atoms with E-state index in [0.29, 0.717) is 44.3 Å². The SMILES string of the molecule is CCOc1ccccc1OCC(=O)N1CCN(C(=O)Cc2ccc(F)cc2)CC1. The van der Waals surface area contributed by atoms with Crippen LogP contribution in [0.5, 0.6) is 11.5 Å².